The van der Waals surface area contributed by atoms with Crippen molar-refractivity contribution >= 4 is 23.4 Å². The normalized spacial score (nSPS) is 11.7. The van der Waals surface area contributed by atoms with Crippen molar-refractivity contribution in [1.29, 1.82) is 0 Å². The van der Waals surface area contributed by atoms with E-state index in [-0.39, 0.29) is 37.2 Å². The van der Waals surface area contributed by atoms with Crippen LogP contribution in [0.2, 0.25) is 5.02 Å². The highest BCUT2D eigenvalue weighted by atomic mass is 35.5. The Bertz CT molecular complexity index is 1400. The number of tetrazole rings is 1. The van der Waals surface area contributed by atoms with Crippen LogP contribution in [0.5, 0.6) is 0 Å². The highest BCUT2D eigenvalue weighted by molar-refractivity contribution is 6.31. The molecule has 0 fully saturated rings. The predicted octanol–water partition coefficient (Wildman–Crippen LogP) is 4.40. The summed E-state index contributed by atoms with van der Waals surface area (Å²) >= 11 is 6.36. The first-order valence-corrected chi connectivity index (χ1v) is 12.3. The molecule has 1 heterocycles. The Labute approximate surface area is 223 Å². The van der Waals surface area contributed by atoms with E-state index in [1.807, 2.05) is 0 Å². The zero-order chi connectivity index (χ0) is 27.1. The third-order valence-corrected chi connectivity index (χ3v) is 6.27. The van der Waals surface area contributed by atoms with Crippen molar-refractivity contribution in [1.82, 2.24) is 30.4 Å². The number of hydrogen-bond acceptors (Lipinski definition) is 5. The molecule has 0 aliphatic rings. The molecule has 0 aliphatic carbocycles. The number of nitrogens with one attached hydrogen (secondary N) is 1. The topological polar surface area (TPSA) is 93.0 Å². The van der Waals surface area contributed by atoms with Gasteiger partial charge in [0.2, 0.25) is 17.6 Å². The molecule has 4 aromatic rings. The van der Waals surface area contributed by atoms with Crippen LogP contribution in [0.25, 0.3) is 11.4 Å². The molecule has 2 amide bonds. The minimum atomic E-state index is -0.820. The summed E-state index contributed by atoms with van der Waals surface area (Å²) in [5, 5.41) is 15.4. The third kappa shape index (κ3) is 6.77. The highest BCUT2D eigenvalue weighted by Crippen LogP contribution is 2.20. The summed E-state index contributed by atoms with van der Waals surface area (Å²) in [6, 6.07) is 17.6. The molecule has 0 saturated heterocycles. The minimum absolute atomic E-state index is 0.0838. The van der Waals surface area contributed by atoms with Crippen molar-refractivity contribution in [3.63, 3.8) is 0 Å². The van der Waals surface area contributed by atoms with Gasteiger partial charge in [0.05, 0.1) is 0 Å². The second kappa shape index (κ2) is 12.4. The van der Waals surface area contributed by atoms with Crippen LogP contribution >= 0.6 is 11.6 Å². The molecule has 38 heavy (non-hydrogen) atoms. The van der Waals surface area contributed by atoms with E-state index in [0.717, 1.165) is 10.4 Å². The van der Waals surface area contributed by atoms with E-state index in [2.05, 4.69) is 20.7 Å². The molecule has 1 N–H and O–H groups in total. The summed E-state index contributed by atoms with van der Waals surface area (Å²) in [6.07, 6.45) is 0.330. The van der Waals surface area contributed by atoms with Crippen LogP contribution in [-0.4, -0.2) is 43.0 Å². The third-order valence-electron chi connectivity index (χ3n) is 5.90. The maximum absolute atomic E-state index is 13.5. The lowest BCUT2D eigenvalue weighted by Crippen LogP contribution is -2.49. The van der Waals surface area contributed by atoms with Gasteiger partial charge in [0.25, 0.3) is 0 Å². The Hall–Kier alpha value is -4.18. The van der Waals surface area contributed by atoms with E-state index in [9.17, 15) is 18.4 Å². The van der Waals surface area contributed by atoms with Gasteiger partial charge in [0.15, 0.2) is 0 Å². The van der Waals surface area contributed by atoms with Gasteiger partial charge in [-0.3, -0.25) is 9.59 Å². The summed E-state index contributed by atoms with van der Waals surface area (Å²) in [5.41, 5.74) is 1.94. The molecule has 3 aromatic carbocycles. The van der Waals surface area contributed by atoms with Gasteiger partial charge in [0, 0.05) is 23.7 Å². The average molecular weight is 539 g/mol. The summed E-state index contributed by atoms with van der Waals surface area (Å²) < 4.78 is 26.5. The van der Waals surface area contributed by atoms with Gasteiger partial charge in [-0.1, -0.05) is 48.9 Å². The second-order valence-electron chi connectivity index (χ2n) is 8.53. The number of carbonyl (C=O) groups excluding carboxylic acids is 2. The number of amides is 2. The Morgan fingerprint density at radius 1 is 1.00 bits per heavy atom. The zero-order valence-electron chi connectivity index (χ0n) is 20.5. The molecule has 11 heteroatoms. The van der Waals surface area contributed by atoms with Gasteiger partial charge in [-0.15, -0.1) is 10.2 Å². The standard InChI is InChI=1S/C27H25ClF2N6O2/c1-2-24(27(38)31-15-18-7-11-21(29)12-8-18)35(16-20-5-3-4-6-23(20)28)25(37)17-36-33-26(32-34-36)19-9-13-22(30)14-10-19/h3-14,24H,2,15-17H2,1H3,(H,31,38)/t24-/m1/s1. The van der Waals surface area contributed by atoms with E-state index in [4.69, 9.17) is 11.6 Å². The summed E-state index contributed by atoms with van der Waals surface area (Å²) in [4.78, 5) is 29.3. The molecule has 8 nitrogen and oxygen atoms in total. The van der Waals surface area contributed by atoms with Crippen LogP contribution in [0.3, 0.4) is 0 Å². The maximum Gasteiger partial charge on any atom is 0.247 e. The molecule has 0 radical (unpaired) electrons. The summed E-state index contributed by atoms with van der Waals surface area (Å²) in [6.45, 7) is 1.78. The fraction of sp³-hybridized carbons (Fsp3) is 0.222. The molecule has 196 valence electrons. The molecule has 4 rings (SSSR count). The number of aromatic nitrogens is 4. The fourth-order valence-corrected chi connectivity index (χ4v) is 4.07. The predicted molar refractivity (Wildman–Crippen MR) is 138 cm³/mol. The average Bonchev–Trinajstić information content (AvgIpc) is 3.38. The first kappa shape index (κ1) is 26.9. The van der Waals surface area contributed by atoms with Gasteiger partial charge >= 0.3 is 0 Å². The van der Waals surface area contributed by atoms with Crippen molar-refractivity contribution in [3.8, 4) is 11.4 Å². The minimum Gasteiger partial charge on any atom is -0.350 e. The number of rotatable bonds is 10. The van der Waals surface area contributed by atoms with Crippen molar-refractivity contribution < 1.29 is 18.4 Å². The van der Waals surface area contributed by atoms with Gasteiger partial charge < -0.3 is 10.2 Å². The summed E-state index contributed by atoms with van der Waals surface area (Å²) in [7, 11) is 0. The summed E-state index contributed by atoms with van der Waals surface area (Å²) in [5.74, 6) is -1.31. The van der Waals surface area contributed by atoms with E-state index in [1.165, 1.54) is 41.3 Å². The lowest BCUT2D eigenvalue weighted by Gasteiger charge is -2.30. The number of nitrogens with zero attached hydrogens (tertiary/aromatic N) is 5. The highest BCUT2D eigenvalue weighted by Gasteiger charge is 2.29. The van der Waals surface area contributed by atoms with Crippen molar-refractivity contribution in [2.75, 3.05) is 0 Å². The number of benzene rings is 3. The van der Waals surface area contributed by atoms with E-state index >= 15 is 0 Å². The first-order chi connectivity index (χ1) is 18.3. The number of halogens is 3. The van der Waals surface area contributed by atoms with Crippen LogP contribution in [-0.2, 0) is 29.2 Å². The molecule has 0 unspecified atom stereocenters. The molecular weight excluding hydrogens is 514 g/mol. The molecule has 0 aliphatic heterocycles. The van der Waals surface area contributed by atoms with Crippen LogP contribution in [0.4, 0.5) is 8.78 Å². The van der Waals surface area contributed by atoms with Crippen molar-refractivity contribution in [2.24, 2.45) is 0 Å². The van der Waals surface area contributed by atoms with Crippen LogP contribution in [0, 0.1) is 11.6 Å². The monoisotopic (exact) mass is 538 g/mol. The molecule has 1 atom stereocenters. The molecular formula is C27H25ClF2N6O2. The second-order valence-corrected chi connectivity index (χ2v) is 8.94. The van der Waals surface area contributed by atoms with Crippen molar-refractivity contribution in [2.45, 2.75) is 39.0 Å². The molecule has 0 spiro atoms. The van der Waals surface area contributed by atoms with Crippen LogP contribution in [0.1, 0.15) is 24.5 Å². The first-order valence-electron chi connectivity index (χ1n) is 11.9. The Kier molecular flexibility index (Phi) is 8.75. The Balaban J connectivity index is 1.53. The lowest BCUT2D eigenvalue weighted by molar-refractivity contribution is -0.142. The quantitative estimate of drug-likeness (QED) is 0.323. The Morgan fingerprint density at radius 3 is 2.32 bits per heavy atom. The molecule has 1 aromatic heterocycles. The zero-order valence-corrected chi connectivity index (χ0v) is 21.3. The van der Waals surface area contributed by atoms with Gasteiger partial charge in [0.1, 0.15) is 24.2 Å². The molecule has 0 saturated carbocycles. The largest absolute Gasteiger partial charge is 0.350 e. The van der Waals surface area contributed by atoms with Crippen LogP contribution < -0.4 is 5.32 Å². The van der Waals surface area contributed by atoms with Crippen molar-refractivity contribution in [3.05, 3.63) is 101 Å². The fourth-order valence-electron chi connectivity index (χ4n) is 3.88. The maximum atomic E-state index is 13.5. The van der Waals surface area contributed by atoms with Crippen LogP contribution in [0.15, 0.2) is 72.8 Å². The smallest absolute Gasteiger partial charge is 0.247 e. The van der Waals surface area contributed by atoms with Gasteiger partial charge in [-0.25, -0.2) is 8.78 Å². The number of carbonyl (C=O) groups is 2. The van der Waals surface area contributed by atoms with E-state index < -0.39 is 17.8 Å². The number of hydrogen-bond donors (Lipinski definition) is 1. The van der Waals surface area contributed by atoms with Gasteiger partial charge in [-0.2, -0.15) is 4.80 Å². The SMILES string of the molecule is CC[C@H](C(=O)NCc1ccc(F)cc1)N(Cc1ccccc1Cl)C(=O)Cn1nnc(-c2ccc(F)cc2)n1. The van der Waals surface area contributed by atoms with E-state index in [0.29, 0.717) is 22.6 Å². The van der Waals surface area contributed by atoms with E-state index in [1.54, 1.807) is 43.3 Å². The molecule has 0 bridgehead atoms. The van der Waals surface area contributed by atoms with Gasteiger partial charge in [-0.05, 0) is 65.2 Å². The Morgan fingerprint density at radius 2 is 1.66 bits per heavy atom. The lowest BCUT2D eigenvalue weighted by atomic mass is 10.1.